The molecule has 2 aromatic heterocycles. The van der Waals surface area contributed by atoms with Crippen LogP contribution in [0.5, 0.6) is 0 Å². The van der Waals surface area contributed by atoms with Gasteiger partial charge in [-0.25, -0.2) is 9.97 Å². The Labute approximate surface area is 144 Å². The lowest BCUT2D eigenvalue weighted by molar-refractivity contribution is 0.0984. The number of benzene rings is 1. The predicted octanol–water partition coefficient (Wildman–Crippen LogP) is 3.03. The molecule has 4 rings (SSSR count). The third-order valence-electron chi connectivity index (χ3n) is 4.07. The van der Waals surface area contributed by atoms with E-state index < -0.39 is 0 Å². The Bertz CT molecular complexity index is 950. The number of anilines is 3. The van der Waals surface area contributed by atoms with Gasteiger partial charge in [0.05, 0.1) is 0 Å². The number of nitrogens with zero attached hydrogens (tertiary/aromatic N) is 4. The largest absolute Gasteiger partial charge is 0.360 e. The van der Waals surface area contributed by atoms with E-state index in [1.54, 1.807) is 24.0 Å². The molecule has 0 fully saturated rings. The third kappa shape index (κ3) is 2.96. The Morgan fingerprint density at radius 3 is 2.84 bits per heavy atom. The molecule has 126 valence electrons. The number of fused-ring (bicyclic) bond motifs is 1. The van der Waals surface area contributed by atoms with Gasteiger partial charge in [-0.15, -0.1) is 0 Å². The molecule has 25 heavy (non-hydrogen) atoms. The SMILES string of the molecule is Cc1cc(C(=O)N2CCc3ccccc32)nc(Nc2cc(C)on2)n1. The van der Waals surface area contributed by atoms with Crippen LogP contribution in [0.2, 0.25) is 0 Å². The molecule has 1 N–H and O–H groups in total. The van der Waals surface area contributed by atoms with E-state index in [1.165, 1.54) is 5.56 Å². The monoisotopic (exact) mass is 335 g/mol. The molecule has 0 saturated heterocycles. The highest BCUT2D eigenvalue weighted by molar-refractivity contribution is 6.06. The Hall–Kier alpha value is -3.22. The number of para-hydroxylation sites is 1. The summed E-state index contributed by atoms with van der Waals surface area (Å²) in [5.41, 5.74) is 3.18. The summed E-state index contributed by atoms with van der Waals surface area (Å²) in [6.45, 7) is 4.29. The summed E-state index contributed by atoms with van der Waals surface area (Å²) in [4.78, 5) is 23.4. The Morgan fingerprint density at radius 1 is 1.20 bits per heavy atom. The molecule has 7 nitrogen and oxygen atoms in total. The maximum absolute atomic E-state index is 12.9. The molecule has 7 heteroatoms. The van der Waals surface area contributed by atoms with Crippen LogP contribution >= 0.6 is 0 Å². The molecule has 0 saturated carbocycles. The number of carbonyl (C=O) groups is 1. The van der Waals surface area contributed by atoms with E-state index >= 15 is 0 Å². The van der Waals surface area contributed by atoms with Crippen molar-refractivity contribution >= 4 is 23.4 Å². The summed E-state index contributed by atoms with van der Waals surface area (Å²) in [6, 6.07) is 11.4. The highest BCUT2D eigenvalue weighted by Gasteiger charge is 2.26. The number of hydrogen-bond acceptors (Lipinski definition) is 6. The van der Waals surface area contributed by atoms with Crippen LogP contribution in [0, 0.1) is 13.8 Å². The standard InChI is InChI=1S/C18H17N5O2/c1-11-9-14(20-18(19-11)21-16-10-12(2)25-22-16)17(24)23-8-7-13-5-3-4-6-15(13)23/h3-6,9-10H,7-8H2,1-2H3,(H,19,20,21,22). The predicted molar refractivity (Wildman–Crippen MR) is 93.1 cm³/mol. The molecule has 1 aromatic carbocycles. The topological polar surface area (TPSA) is 84.2 Å². The van der Waals surface area contributed by atoms with Crippen LogP contribution in [0.4, 0.5) is 17.5 Å². The quantitative estimate of drug-likeness (QED) is 0.792. The molecular formula is C18H17N5O2. The van der Waals surface area contributed by atoms with Gasteiger partial charge in [-0.05, 0) is 38.0 Å². The molecule has 3 aromatic rings. The van der Waals surface area contributed by atoms with Crippen molar-refractivity contribution in [2.45, 2.75) is 20.3 Å². The van der Waals surface area contributed by atoms with Crippen LogP contribution < -0.4 is 10.2 Å². The molecule has 0 bridgehead atoms. The van der Waals surface area contributed by atoms with Gasteiger partial charge in [-0.1, -0.05) is 23.4 Å². The summed E-state index contributed by atoms with van der Waals surface area (Å²) >= 11 is 0. The van der Waals surface area contributed by atoms with Crippen molar-refractivity contribution in [2.24, 2.45) is 0 Å². The first-order valence-corrected chi connectivity index (χ1v) is 8.06. The van der Waals surface area contributed by atoms with Crippen LogP contribution in [-0.2, 0) is 6.42 Å². The number of nitrogens with one attached hydrogen (secondary N) is 1. The third-order valence-corrected chi connectivity index (χ3v) is 4.07. The highest BCUT2D eigenvalue weighted by Crippen LogP contribution is 2.28. The van der Waals surface area contributed by atoms with E-state index in [1.807, 2.05) is 31.2 Å². The summed E-state index contributed by atoms with van der Waals surface area (Å²) in [5, 5.41) is 6.83. The molecule has 1 aliphatic rings. The summed E-state index contributed by atoms with van der Waals surface area (Å²) < 4.78 is 5.02. The molecule has 0 atom stereocenters. The van der Waals surface area contributed by atoms with Gasteiger partial charge in [0.2, 0.25) is 5.95 Å². The minimum atomic E-state index is -0.130. The number of rotatable bonds is 3. The second-order valence-electron chi connectivity index (χ2n) is 6.00. The zero-order chi connectivity index (χ0) is 17.4. The van der Waals surface area contributed by atoms with Crippen LogP contribution in [0.25, 0.3) is 0 Å². The van der Waals surface area contributed by atoms with Crippen molar-refractivity contribution < 1.29 is 9.32 Å². The molecule has 3 heterocycles. The average molecular weight is 335 g/mol. The van der Waals surface area contributed by atoms with Gasteiger partial charge in [-0.3, -0.25) is 4.79 Å². The fourth-order valence-corrected chi connectivity index (χ4v) is 2.96. The number of aromatic nitrogens is 3. The summed E-state index contributed by atoms with van der Waals surface area (Å²) in [7, 11) is 0. The zero-order valence-corrected chi connectivity index (χ0v) is 14.0. The van der Waals surface area contributed by atoms with Gasteiger partial charge >= 0.3 is 0 Å². The summed E-state index contributed by atoms with van der Waals surface area (Å²) in [6.07, 6.45) is 0.856. The van der Waals surface area contributed by atoms with Gasteiger partial charge in [0, 0.05) is 24.0 Å². The first-order chi connectivity index (χ1) is 12.1. The minimum absolute atomic E-state index is 0.130. The van der Waals surface area contributed by atoms with Gasteiger partial charge in [0.25, 0.3) is 5.91 Å². The van der Waals surface area contributed by atoms with Crippen LogP contribution in [0.15, 0.2) is 40.9 Å². The highest BCUT2D eigenvalue weighted by atomic mass is 16.5. The first kappa shape index (κ1) is 15.3. The molecule has 1 aliphatic heterocycles. The van der Waals surface area contributed by atoms with Gasteiger partial charge in [-0.2, -0.15) is 0 Å². The number of amides is 1. The molecule has 0 unspecified atom stereocenters. The maximum Gasteiger partial charge on any atom is 0.277 e. The molecule has 0 radical (unpaired) electrons. The van der Waals surface area contributed by atoms with E-state index in [4.69, 9.17) is 4.52 Å². The van der Waals surface area contributed by atoms with Gasteiger partial charge in [0.15, 0.2) is 5.82 Å². The Morgan fingerprint density at radius 2 is 2.04 bits per heavy atom. The average Bonchev–Trinajstić information content (AvgIpc) is 3.20. The van der Waals surface area contributed by atoms with E-state index in [0.29, 0.717) is 35.5 Å². The fourth-order valence-electron chi connectivity index (χ4n) is 2.96. The van der Waals surface area contributed by atoms with E-state index in [9.17, 15) is 4.79 Å². The summed E-state index contributed by atoms with van der Waals surface area (Å²) in [5.74, 6) is 1.38. The van der Waals surface area contributed by atoms with Crippen LogP contribution in [0.1, 0.15) is 27.5 Å². The number of hydrogen-bond donors (Lipinski definition) is 1. The fraction of sp³-hybridized carbons (Fsp3) is 0.222. The lowest BCUT2D eigenvalue weighted by Gasteiger charge is -2.17. The van der Waals surface area contributed by atoms with Crippen molar-refractivity contribution in [1.82, 2.24) is 15.1 Å². The van der Waals surface area contributed by atoms with E-state index in [-0.39, 0.29) is 5.91 Å². The van der Waals surface area contributed by atoms with Crippen LogP contribution in [0.3, 0.4) is 0 Å². The van der Waals surface area contributed by atoms with Crippen molar-refractivity contribution in [3.63, 3.8) is 0 Å². The minimum Gasteiger partial charge on any atom is -0.360 e. The lowest BCUT2D eigenvalue weighted by Crippen LogP contribution is -2.30. The van der Waals surface area contributed by atoms with Crippen molar-refractivity contribution in [3.8, 4) is 0 Å². The lowest BCUT2D eigenvalue weighted by atomic mass is 10.2. The first-order valence-electron chi connectivity index (χ1n) is 8.06. The van der Waals surface area contributed by atoms with Gasteiger partial charge < -0.3 is 14.7 Å². The van der Waals surface area contributed by atoms with Crippen molar-refractivity contribution in [1.29, 1.82) is 0 Å². The Balaban J connectivity index is 1.63. The van der Waals surface area contributed by atoms with E-state index in [0.717, 1.165) is 12.1 Å². The second-order valence-corrected chi connectivity index (χ2v) is 6.00. The molecular weight excluding hydrogens is 318 g/mol. The number of aryl methyl sites for hydroxylation is 2. The molecule has 0 spiro atoms. The maximum atomic E-state index is 12.9. The van der Waals surface area contributed by atoms with Crippen LogP contribution in [-0.4, -0.2) is 27.6 Å². The van der Waals surface area contributed by atoms with Crippen molar-refractivity contribution in [3.05, 3.63) is 59.1 Å². The zero-order valence-electron chi connectivity index (χ0n) is 14.0. The molecule has 1 amide bonds. The smallest absolute Gasteiger partial charge is 0.277 e. The second kappa shape index (κ2) is 6.01. The van der Waals surface area contributed by atoms with Gasteiger partial charge in [0.1, 0.15) is 11.5 Å². The van der Waals surface area contributed by atoms with E-state index in [2.05, 4.69) is 20.4 Å². The Kier molecular flexibility index (Phi) is 3.68. The van der Waals surface area contributed by atoms with Crippen molar-refractivity contribution in [2.75, 3.05) is 16.8 Å². The normalized spacial score (nSPS) is 13.0. The molecule has 0 aliphatic carbocycles. The number of carbonyl (C=O) groups excluding carboxylic acids is 1.